The molecule has 1 aromatic carbocycles. The van der Waals surface area contributed by atoms with Crippen LogP contribution < -0.4 is 10.1 Å². The van der Waals surface area contributed by atoms with E-state index >= 15 is 0 Å². The maximum absolute atomic E-state index is 11.5. The van der Waals surface area contributed by atoms with Crippen molar-refractivity contribution in [3.63, 3.8) is 0 Å². The summed E-state index contributed by atoms with van der Waals surface area (Å²) in [7, 11) is 0. The van der Waals surface area contributed by atoms with Crippen LogP contribution in [0, 0.1) is 5.92 Å². The average molecular weight is 330 g/mol. The zero-order valence-corrected chi connectivity index (χ0v) is 13.8. The van der Waals surface area contributed by atoms with Gasteiger partial charge in [0.25, 0.3) is 0 Å². The van der Waals surface area contributed by atoms with E-state index in [0.717, 1.165) is 42.1 Å². The molecule has 1 amide bonds. The molecule has 0 aromatic heterocycles. The topological polar surface area (TPSA) is 77.0 Å². The van der Waals surface area contributed by atoms with Crippen LogP contribution in [0.25, 0.3) is 0 Å². The predicted molar refractivity (Wildman–Crippen MR) is 89.5 cm³/mol. The van der Waals surface area contributed by atoms with Crippen molar-refractivity contribution in [1.29, 1.82) is 0 Å². The minimum absolute atomic E-state index is 0.0460. The van der Waals surface area contributed by atoms with Crippen LogP contribution in [0.3, 0.4) is 0 Å². The fraction of sp³-hybridized carbons (Fsp3) is 0.500. The number of fused-ring (bicyclic) bond motifs is 2. The summed E-state index contributed by atoms with van der Waals surface area (Å²) >= 11 is 0. The number of esters is 1. The van der Waals surface area contributed by atoms with Crippen LogP contribution in [0.2, 0.25) is 0 Å². The van der Waals surface area contributed by atoms with Gasteiger partial charge in [0.1, 0.15) is 11.6 Å². The van der Waals surface area contributed by atoms with Crippen molar-refractivity contribution >= 4 is 23.4 Å². The van der Waals surface area contributed by atoms with E-state index in [1.807, 2.05) is 25.1 Å². The fourth-order valence-electron chi connectivity index (χ4n) is 3.02. The third-order valence-corrected chi connectivity index (χ3v) is 4.19. The van der Waals surface area contributed by atoms with E-state index in [9.17, 15) is 9.59 Å². The second kappa shape index (κ2) is 7.47. The lowest BCUT2D eigenvalue weighted by molar-refractivity contribution is -0.143. The number of carbonyl (C=O) groups is 2. The molecule has 0 spiro atoms. The van der Waals surface area contributed by atoms with Gasteiger partial charge < -0.3 is 14.8 Å². The normalized spacial score (nSPS) is 18.3. The second-order valence-corrected chi connectivity index (χ2v) is 6.05. The van der Waals surface area contributed by atoms with Crippen molar-refractivity contribution in [2.75, 3.05) is 13.2 Å². The Morgan fingerprint density at radius 1 is 1.33 bits per heavy atom. The Hall–Kier alpha value is -2.37. The Labute approximate surface area is 141 Å². The Morgan fingerprint density at radius 2 is 2.21 bits per heavy atom. The Kier molecular flexibility index (Phi) is 5.13. The van der Waals surface area contributed by atoms with Crippen LogP contribution in [0.15, 0.2) is 23.2 Å². The zero-order valence-electron chi connectivity index (χ0n) is 13.8. The van der Waals surface area contributed by atoms with Gasteiger partial charge in [-0.1, -0.05) is 0 Å². The molecule has 1 fully saturated rings. The highest BCUT2D eigenvalue weighted by Gasteiger charge is 2.32. The molecule has 2 heterocycles. The SMILES string of the molecule is CCOC(=O)CCCCOc1ccc2c(c1)CC1CC(=O)NC1=N2. The highest BCUT2D eigenvalue weighted by atomic mass is 16.5. The molecule has 1 aromatic rings. The molecule has 0 saturated carbocycles. The molecule has 3 rings (SSSR count). The summed E-state index contributed by atoms with van der Waals surface area (Å²) in [4.78, 5) is 27.2. The number of nitrogens with zero attached hydrogens (tertiary/aromatic N) is 1. The molecule has 0 radical (unpaired) electrons. The number of hydrogen-bond donors (Lipinski definition) is 1. The lowest BCUT2D eigenvalue weighted by atomic mass is 9.93. The van der Waals surface area contributed by atoms with Gasteiger partial charge >= 0.3 is 5.97 Å². The molecule has 1 saturated heterocycles. The van der Waals surface area contributed by atoms with Crippen LogP contribution in [0.1, 0.15) is 38.2 Å². The molecular formula is C18H22N2O4. The molecule has 6 nitrogen and oxygen atoms in total. The van der Waals surface area contributed by atoms with Crippen LogP contribution in [-0.4, -0.2) is 30.9 Å². The molecule has 1 unspecified atom stereocenters. The van der Waals surface area contributed by atoms with Crippen molar-refractivity contribution in [2.24, 2.45) is 10.9 Å². The Balaban J connectivity index is 1.49. The summed E-state index contributed by atoms with van der Waals surface area (Å²) in [5, 5.41) is 2.82. The summed E-state index contributed by atoms with van der Waals surface area (Å²) in [6.07, 6.45) is 3.32. The number of unbranched alkanes of at least 4 members (excludes halogenated alkanes) is 1. The lowest BCUT2D eigenvalue weighted by Crippen LogP contribution is -2.25. The third-order valence-electron chi connectivity index (χ3n) is 4.19. The van der Waals surface area contributed by atoms with E-state index in [0.29, 0.717) is 26.1 Å². The van der Waals surface area contributed by atoms with Crippen LogP contribution >= 0.6 is 0 Å². The van der Waals surface area contributed by atoms with E-state index in [1.165, 1.54) is 0 Å². The number of rotatable bonds is 7. The van der Waals surface area contributed by atoms with Crippen LogP contribution in [0.4, 0.5) is 5.69 Å². The maximum atomic E-state index is 11.5. The highest BCUT2D eigenvalue weighted by molar-refractivity contribution is 6.08. The minimum atomic E-state index is -0.153. The van der Waals surface area contributed by atoms with E-state index < -0.39 is 0 Å². The molecule has 24 heavy (non-hydrogen) atoms. The van der Waals surface area contributed by atoms with E-state index in [1.54, 1.807) is 0 Å². The standard InChI is InChI=1S/C18H22N2O4/c1-2-23-17(22)5-3-4-8-24-14-6-7-15-12(10-14)9-13-11-16(21)20-18(13)19-15/h6-7,10,13H,2-5,8-9,11H2,1H3,(H,19,20,21). The first-order valence-electron chi connectivity index (χ1n) is 8.45. The molecule has 1 atom stereocenters. The second-order valence-electron chi connectivity index (χ2n) is 6.05. The van der Waals surface area contributed by atoms with E-state index in [4.69, 9.17) is 9.47 Å². The molecule has 128 valence electrons. The third kappa shape index (κ3) is 3.93. The molecular weight excluding hydrogens is 308 g/mol. The van der Waals surface area contributed by atoms with Gasteiger partial charge in [-0.3, -0.25) is 9.59 Å². The number of aliphatic imine (C=N–C) groups is 1. The molecule has 2 aliphatic heterocycles. The summed E-state index contributed by atoms with van der Waals surface area (Å²) in [5.74, 6) is 1.66. The van der Waals surface area contributed by atoms with Crippen molar-refractivity contribution in [1.82, 2.24) is 5.32 Å². The minimum Gasteiger partial charge on any atom is -0.494 e. The molecule has 0 aliphatic carbocycles. The first-order chi connectivity index (χ1) is 11.7. The van der Waals surface area contributed by atoms with Gasteiger partial charge in [-0.2, -0.15) is 0 Å². The highest BCUT2D eigenvalue weighted by Crippen LogP contribution is 2.34. The van der Waals surface area contributed by atoms with Crippen molar-refractivity contribution in [2.45, 2.75) is 39.0 Å². The van der Waals surface area contributed by atoms with Crippen molar-refractivity contribution in [3.8, 4) is 5.75 Å². The van der Waals surface area contributed by atoms with Gasteiger partial charge in [0.05, 0.1) is 18.9 Å². The van der Waals surface area contributed by atoms with E-state index in [2.05, 4.69) is 10.3 Å². The number of nitrogens with one attached hydrogen (secondary N) is 1. The quantitative estimate of drug-likeness (QED) is 0.615. The van der Waals surface area contributed by atoms with Crippen LogP contribution in [-0.2, 0) is 20.7 Å². The first-order valence-corrected chi connectivity index (χ1v) is 8.45. The molecule has 6 heteroatoms. The summed E-state index contributed by atoms with van der Waals surface area (Å²) in [5.41, 5.74) is 2.02. The van der Waals surface area contributed by atoms with Gasteiger partial charge in [0.15, 0.2) is 0 Å². The molecule has 1 N–H and O–H groups in total. The number of amidine groups is 1. The van der Waals surface area contributed by atoms with Gasteiger partial charge in [-0.15, -0.1) is 0 Å². The van der Waals surface area contributed by atoms with Gasteiger partial charge in [-0.05, 0) is 49.9 Å². The first kappa shape index (κ1) is 16.5. The molecule has 0 bridgehead atoms. The summed E-state index contributed by atoms with van der Waals surface area (Å²) in [6.45, 7) is 2.80. The smallest absolute Gasteiger partial charge is 0.305 e. The van der Waals surface area contributed by atoms with Gasteiger partial charge in [0.2, 0.25) is 5.91 Å². The molecule has 2 aliphatic rings. The Bertz CT molecular complexity index is 669. The van der Waals surface area contributed by atoms with Crippen molar-refractivity contribution in [3.05, 3.63) is 23.8 Å². The fourth-order valence-corrected chi connectivity index (χ4v) is 3.02. The average Bonchev–Trinajstić information content (AvgIpc) is 2.91. The number of ether oxygens (including phenoxy) is 2. The zero-order chi connectivity index (χ0) is 16.9. The number of amides is 1. The predicted octanol–water partition coefficient (Wildman–Crippen LogP) is 2.52. The summed E-state index contributed by atoms with van der Waals surface area (Å²) in [6, 6.07) is 5.83. The Morgan fingerprint density at radius 3 is 3.04 bits per heavy atom. The summed E-state index contributed by atoms with van der Waals surface area (Å²) < 4.78 is 10.7. The largest absolute Gasteiger partial charge is 0.494 e. The monoisotopic (exact) mass is 330 g/mol. The number of carbonyl (C=O) groups excluding carboxylic acids is 2. The lowest BCUT2D eigenvalue weighted by Gasteiger charge is -2.18. The maximum Gasteiger partial charge on any atom is 0.305 e. The number of hydrogen-bond acceptors (Lipinski definition) is 5. The van der Waals surface area contributed by atoms with Crippen molar-refractivity contribution < 1.29 is 19.1 Å². The van der Waals surface area contributed by atoms with Gasteiger partial charge in [0, 0.05) is 18.8 Å². The van der Waals surface area contributed by atoms with Gasteiger partial charge in [-0.25, -0.2) is 4.99 Å². The van der Waals surface area contributed by atoms with Crippen LogP contribution in [0.5, 0.6) is 5.75 Å². The van der Waals surface area contributed by atoms with E-state index in [-0.39, 0.29) is 17.8 Å². The number of benzene rings is 1.